The highest BCUT2D eigenvalue weighted by Gasteiger charge is 2.15. The number of oxazole rings is 1. The average molecular weight is 367 g/mol. The van der Waals surface area contributed by atoms with Gasteiger partial charge in [-0.1, -0.05) is 18.7 Å². The van der Waals surface area contributed by atoms with Gasteiger partial charge >= 0.3 is 5.97 Å². The fourth-order valence-corrected chi connectivity index (χ4v) is 3.64. The molecule has 1 aromatic carbocycles. The van der Waals surface area contributed by atoms with Gasteiger partial charge in [0.05, 0.1) is 16.4 Å². The third-order valence-corrected chi connectivity index (χ3v) is 5.87. The molecule has 0 bridgehead atoms. The second kappa shape index (κ2) is 6.33. The lowest BCUT2D eigenvalue weighted by Gasteiger charge is -1.99. The summed E-state index contributed by atoms with van der Waals surface area (Å²) in [6.07, 6.45) is 0. The topological polar surface area (TPSA) is 111 Å². The lowest BCUT2D eigenvalue weighted by atomic mass is 10.3. The summed E-state index contributed by atoms with van der Waals surface area (Å²) in [5.41, 5.74) is 0.941. The molecule has 0 aliphatic heterocycles. The van der Waals surface area contributed by atoms with E-state index < -0.39 is 15.8 Å². The highest BCUT2D eigenvalue weighted by Crippen LogP contribution is 2.28. The Morgan fingerprint density at radius 2 is 2.04 bits per heavy atom. The van der Waals surface area contributed by atoms with Crippen LogP contribution in [0, 0.1) is 0 Å². The second-order valence-electron chi connectivity index (χ2n) is 4.87. The monoisotopic (exact) mass is 367 g/mol. The zero-order valence-corrected chi connectivity index (χ0v) is 14.2. The maximum absolute atomic E-state index is 11.9. The zero-order valence-electron chi connectivity index (χ0n) is 12.6. The van der Waals surface area contributed by atoms with Crippen molar-refractivity contribution in [2.24, 2.45) is 0 Å². The summed E-state index contributed by atoms with van der Waals surface area (Å²) in [4.78, 5) is 15.2. The van der Waals surface area contributed by atoms with Gasteiger partial charge in [-0.3, -0.25) is 0 Å². The lowest BCUT2D eigenvalue weighted by molar-refractivity contribution is 0.0661. The van der Waals surface area contributed by atoms with Crippen LogP contribution >= 0.6 is 11.8 Å². The number of rotatable bonds is 6. The maximum atomic E-state index is 11.9. The van der Waals surface area contributed by atoms with Gasteiger partial charge in [0.15, 0.2) is 15.4 Å². The first kappa shape index (κ1) is 16.6. The number of hydrogen-bond acceptors (Lipinski definition) is 7. The molecule has 3 rings (SSSR count). The second-order valence-corrected chi connectivity index (χ2v) is 8.08. The van der Waals surface area contributed by atoms with Crippen molar-refractivity contribution >= 4 is 38.7 Å². The fraction of sp³-hybridized carbons (Fsp3) is 0.200. The van der Waals surface area contributed by atoms with E-state index in [0.29, 0.717) is 27.8 Å². The van der Waals surface area contributed by atoms with Crippen molar-refractivity contribution < 1.29 is 27.2 Å². The molecule has 2 aromatic heterocycles. The molecule has 0 aliphatic carbocycles. The molecular weight excluding hydrogens is 354 g/mol. The van der Waals surface area contributed by atoms with Crippen molar-refractivity contribution in [3.05, 3.63) is 41.9 Å². The van der Waals surface area contributed by atoms with Gasteiger partial charge in [-0.2, -0.15) is 0 Å². The first-order valence-electron chi connectivity index (χ1n) is 6.97. The van der Waals surface area contributed by atoms with Crippen LogP contribution < -0.4 is 0 Å². The molecule has 24 heavy (non-hydrogen) atoms. The Labute approximate surface area is 141 Å². The number of aromatic carboxylic acids is 1. The maximum Gasteiger partial charge on any atom is 0.371 e. The highest BCUT2D eigenvalue weighted by molar-refractivity contribution is 7.98. The van der Waals surface area contributed by atoms with Crippen molar-refractivity contribution in [1.82, 2.24) is 4.98 Å². The molecule has 0 radical (unpaired) electrons. The van der Waals surface area contributed by atoms with E-state index in [1.165, 1.54) is 30.0 Å². The molecule has 3 aromatic rings. The van der Waals surface area contributed by atoms with Crippen LogP contribution in [0.3, 0.4) is 0 Å². The molecule has 0 spiro atoms. The number of benzene rings is 1. The van der Waals surface area contributed by atoms with E-state index in [0.717, 1.165) is 0 Å². The molecule has 126 valence electrons. The first-order chi connectivity index (χ1) is 11.4. The quantitative estimate of drug-likeness (QED) is 0.661. The number of nitrogens with zero attached hydrogens (tertiary/aromatic N) is 1. The van der Waals surface area contributed by atoms with E-state index in [9.17, 15) is 13.2 Å². The van der Waals surface area contributed by atoms with Gasteiger partial charge in [0.25, 0.3) is 5.22 Å². The van der Waals surface area contributed by atoms with Crippen molar-refractivity contribution in [1.29, 1.82) is 0 Å². The van der Waals surface area contributed by atoms with E-state index >= 15 is 0 Å². The van der Waals surface area contributed by atoms with Crippen LogP contribution in [-0.4, -0.2) is 30.2 Å². The zero-order chi connectivity index (χ0) is 17.3. The number of carboxylic acid groups (broad SMARTS) is 1. The Morgan fingerprint density at radius 3 is 2.71 bits per heavy atom. The van der Waals surface area contributed by atoms with E-state index in [4.69, 9.17) is 13.9 Å². The van der Waals surface area contributed by atoms with E-state index in [1.807, 2.05) is 0 Å². The smallest absolute Gasteiger partial charge is 0.371 e. The third kappa shape index (κ3) is 3.31. The minimum atomic E-state index is -3.30. The molecule has 0 unspecified atom stereocenters. The first-order valence-corrected chi connectivity index (χ1v) is 9.61. The fourth-order valence-electron chi connectivity index (χ4n) is 2.01. The minimum absolute atomic E-state index is 0.0162. The molecular formula is C15H13NO6S2. The number of thioether (sulfide) groups is 1. The van der Waals surface area contributed by atoms with Crippen molar-refractivity contribution in [3.8, 4) is 0 Å². The van der Waals surface area contributed by atoms with Gasteiger partial charge in [-0.15, -0.1) is 0 Å². The summed E-state index contributed by atoms with van der Waals surface area (Å²) in [7, 11) is -3.30. The van der Waals surface area contributed by atoms with Crippen LogP contribution in [0.2, 0.25) is 0 Å². The number of fused-ring (bicyclic) bond motifs is 1. The SMILES string of the molecule is CCS(=O)(=O)c1ccc2oc(SCc3ccc(C(=O)O)o3)nc2c1. The molecule has 0 aliphatic rings. The summed E-state index contributed by atoms with van der Waals surface area (Å²) in [5, 5.41) is 9.16. The predicted octanol–water partition coefficient (Wildman–Crippen LogP) is 3.20. The van der Waals surface area contributed by atoms with Crippen LogP contribution in [0.25, 0.3) is 11.1 Å². The van der Waals surface area contributed by atoms with Crippen LogP contribution in [0.1, 0.15) is 23.2 Å². The summed E-state index contributed by atoms with van der Waals surface area (Å²) in [6, 6.07) is 7.51. The van der Waals surface area contributed by atoms with E-state index in [1.54, 1.807) is 19.1 Å². The average Bonchev–Trinajstić information content (AvgIpc) is 3.18. The number of carboxylic acids is 1. The van der Waals surface area contributed by atoms with E-state index in [-0.39, 0.29) is 16.4 Å². The summed E-state index contributed by atoms with van der Waals surface area (Å²) in [5.74, 6) is -0.410. The number of sulfone groups is 1. The Morgan fingerprint density at radius 1 is 1.25 bits per heavy atom. The summed E-state index contributed by atoms with van der Waals surface area (Å²) in [6.45, 7) is 1.58. The van der Waals surface area contributed by atoms with Crippen LogP contribution in [-0.2, 0) is 15.6 Å². The Balaban J connectivity index is 1.79. The predicted molar refractivity (Wildman–Crippen MR) is 87.0 cm³/mol. The van der Waals surface area contributed by atoms with Crippen LogP contribution in [0.5, 0.6) is 0 Å². The largest absolute Gasteiger partial charge is 0.475 e. The molecule has 2 heterocycles. The highest BCUT2D eigenvalue weighted by atomic mass is 32.2. The molecule has 7 nitrogen and oxygen atoms in total. The van der Waals surface area contributed by atoms with Gasteiger partial charge in [0, 0.05) is 0 Å². The molecule has 0 saturated carbocycles. The minimum Gasteiger partial charge on any atom is -0.475 e. The van der Waals surface area contributed by atoms with Gasteiger partial charge in [0.2, 0.25) is 5.76 Å². The molecule has 9 heteroatoms. The van der Waals surface area contributed by atoms with Crippen molar-refractivity contribution in [3.63, 3.8) is 0 Å². The summed E-state index contributed by atoms with van der Waals surface area (Å²) >= 11 is 1.23. The molecule has 0 amide bonds. The number of carbonyl (C=O) groups is 1. The van der Waals surface area contributed by atoms with Crippen molar-refractivity contribution in [2.75, 3.05) is 5.75 Å². The standard InChI is InChI=1S/C15H13NO6S2/c1-2-24(19,20)10-4-6-12-11(7-10)16-15(22-12)23-8-9-3-5-13(21-9)14(17)18/h3-7H,2,8H2,1H3,(H,17,18). The number of furan rings is 1. The van der Waals surface area contributed by atoms with Crippen LogP contribution in [0.4, 0.5) is 0 Å². The Hall–Kier alpha value is -2.26. The molecule has 0 saturated heterocycles. The molecule has 1 N–H and O–H groups in total. The Kier molecular flexibility index (Phi) is 4.37. The van der Waals surface area contributed by atoms with Crippen molar-refractivity contribution in [2.45, 2.75) is 22.8 Å². The molecule has 0 atom stereocenters. The lowest BCUT2D eigenvalue weighted by Crippen LogP contribution is -2.03. The normalized spacial score (nSPS) is 11.9. The Bertz CT molecular complexity index is 1000. The van der Waals surface area contributed by atoms with Gasteiger partial charge in [-0.05, 0) is 30.3 Å². The van der Waals surface area contributed by atoms with E-state index in [2.05, 4.69) is 4.98 Å². The third-order valence-electron chi connectivity index (χ3n) is 3.29. The molecule has 0 fully saturated rings. The number of hydrogen-bond donors (Lipinski definition) is 1. The van der Waals surface area contributed by atoms with Gasteiger partial charge in [-0.25, -0.2) is 18.2 Å². The number of aromatic nitrogens is 1. The van der Waals surface area contributed by atoms with Gasteiger partial charge < -0.3 is 13.9 Å². The van der Waals surface area contributed by atoms with Crippen LogP contribution in [0.15, 0.2) is 49.3 Å². The van der Waals surface area contributed by atoms with Gasteiger partial charge in [0.1, 0.15) is 11.3 Å². The summed E-state index contributed by atoms with van der Waals surface area (Å²) < 4.78 is 34.5.